The van der Waals surface area contributed by atoms with Crippen LogP contribution in [0.25, 0.3) is 10.8 Å². The number of nitrogens with two attached hydrogens (primary N) is 1. The highest BCUT2D eigenvalue weighted by Crippen LogP contribution is 2.23. The molecule has 0 spiro atoms. The molecule has 0 unspecified atom stereocenters. The Morgan fingerprint density at radius 3 is 2.80 bits per heavy atom. The van der Waals surface area contributed by atoms with Crippen molar-refractivity contribution >= 4 is 22.2 Å². The summed E-state index contributed by atoms with van der Waals surface area (Å²) in [6, 6.07) is 11.0. The summed E-state index contributed by atoms with van der Waals surface area (Å²) in [5.74, 6) is -0.790. The van der Waals surface area contributed by atoms with Crippen LogP contribution >= 0.6 is 0 Å². The predicted molar refractivity (Wildman–Crippen MR) is 76.0 cm³/mol. The van der Waals surface area contributed by atoms with Crippen molar-refractivity contribution in [1.82, 2.24) is 4.98 Å². The van der Waals surface area contributed by atoms with E-state index in [2.05, 4.69) is 4.98 Å². The predicted octanol–water partition coefficient (Wildman–Crippen LogP) is 3.19. The number of benzene rings is 2. The maximum Gasteiger partial charge on any atom is 0.195 e. The van der Waals surface area contributed by atoms with Crippen LogP contribution in [-0.2, 0) is 0 Å². The molecule has 20 heavy (non-hydrogen) atoms. The minimum atomic E-state index is -0.485. The van der Waals surface area contributed by atoms with Gasteiger partial charge >= 0.3 is 0 Å². The minimum Gasteiger partial charge on any atom is -0.398 e. The van der Waals surface area contributed by atoms with E-state index in [4.69, 9.17) is 5.73 Å². The largest absolute Gasteiger partial charge is 0.398 e. The number of halogens is 1. The average molecular weight is 266 g/mol. The van der Waals surface area contributed by atoms with Gasteiger partial charge in [-0.25, -0.2) is 4.39 Å². The molecule has 4 heteroatoms. The molecule has 98 valence electrons. The molecule has 0 fully saturated rings. The number of ketones is 1. The first kappa shape index (κ1) is 12.3. The number of hydrogen-bond acceptors (Lipinski definition) is 3. The molecule has 0 radical (unpaired) electrons. The normalized spacial score (nSPS) is 10.7. The number of nitrogens with zero attached hydrogens (tertiary/aromatic N) is 1. The summed E-state index contributed by atoms with van der Waals surface area (Å²) in [6.07, 6.45) is 3.28. The van der Waals surface area contributed by atoms with E-state index in [1.165, 1.54) is 12.1 Å². The Labute approximate surface area is 114 Å². The number of fused-ring (bicyclic) bond motifs is 1. The summed E-state index contributed by atoms with van der Waals surface area (Å²) in [6.45, 7) is 0. The lowest BCUT2D eigenvalue weighted by molar-refractivity contribution is 0.104. The first-order valence-corrected chi connectivity index (χ1v) is 6.09. The lowest BCUT2D eigenvalue weighted by Crippen LogP contribution is -2.06. The van der Waals surface area contributed by atoms with Crippen LogP contribution in [0.2, 0.25) is 0 Å². The molecule has 0 atom stereocenters. The van der Waals surface area contributed by atoms with E-state index in [9.17, 15) is 9.18 Å². The third kappa shape index (κ3) is 2.01. The second-order valence-electron chi connectivity index (χ2n) is 4.46. The number of pyridine rings is 1. The lowest BCUT2D eigenvalue weighted by Gasteiger charge is -2.07. The molecule has 0 saturated carbocycles. The van der Waals surface area contributed by atoms with E-state index in [1.807, 2.05) is 12.1 Å². The van der Waals surface area contributed by atoms with E-state index >= 15 is 0 Å². The molecule has 3 nitrogen and oxygen atoms in total. The fraction of sp³-hybridized carbons (Fsp3) is 0. The zero-order valence-electron chi connectivity index (χ0n) is 10.5. The highest BCUT2D eigenvalue weighted by Gasteiger charge is 2.15. The van der Waals surface area contributed by atoms with Crippen molar-refractivity contribution in [3.05, 3.63) is 71.8 Å². The summed E-state index contributed by atoms with van der Waals surface area (Å²) in [4.78, 5) is 16.6. The molecule has 0 aliphatic rings. The standard InChI is InChI=1S/C16H11FN2O/c17-11-4-5-15(18)13(8-11)16(20)12-3-1-2-10-6-7-19-9-14(10)12/h1-9H,18H2. The molecule has 3 rings (SSSR count). The Bertz CT molecular complexity index is 809. The third-order valence-corrected chi connectivity index (χ3v) is 3.19. The number of hydrogen-bond donors (Lipinski definition) is 1. The zero-order chi connectivity index (χ0) is 14.1. The summed E-state index contributed by atoms with van der Waals surface area (Å²) < 4.78 is 13.3. The Kier molecular flexibility index (Phi) is 2.91. The molecule has 3 aromatic rings. The van der Waals surface area contributed by atoms with Gasteiger partial charge in [-0.15, -0.1) is 0 Å². The number of rotatable bonds is 2. The summed E-state index contributed by atoms with van der Waals surface area (Å²) >= 11 is 0. The van der Waals surface area contributed by atoms with Crippen LogP contribution in [0.3, 0.4) is 0 Å². The van der Waals surface area contributed by atoms with Gasteiger partial charge in [-0.1, -0.05) is 18.2 Å². The van der Waals surface area contributed by atoms with Gasteiger partial charge in [0.05, 0.1) is 0 Å². The average Bonchev–Trinajstić information content (AvgIpc) is 2.48. The third-order valence-electron chi connectivity index (χ3n) is 3.19. The molecule has 2 aromatic carbocycles. The van der Waals surface area contributed by atoms with Crippen LogP contribution in [0, 0.1) is 5.82 Å². The topological polar surface area (TPSA) is 56.0 Å². The van der Waals surface area contributed by atoms with Crippen LogP contribution in [0.4, 0.5) is 10.1 Å². The summed E-state index contributed by atoms with van der Waals surface area (Å²) in [5.41, 5.74) is 6.66. The molecule has 1 aromatic heterocycles. The number of nitrogen functional groups attached to an aromatic ring is 1. The Morgan fingerprint density at radius 2 is 1.95 bits per heavy atom. The number of carbonyl (C=O) groups excluding carboxylic acids is 1. The van der Waals surface area contributed by atoms with E-state index in [0.717, 1.165) is 16.8 Å². The van der Waals surface area contributed by atoms with Crippen LogP contribution < -0.4 is 5.73 Å². The summed E-state index contributed by atoms with van der Waals surface area (Å²) in [5, 5.41) is 1.63. The first-order chi connectivity index (χ1) is 9.66. The second kappa shape index (κ2) is 4.74. The fourth-order valence-corrected chi connectivity index (χ4v) is 2.18. The van der Waals surface area contributed by atoms with Gasteiger partial charge in [0.1, 0.15) is 5.82 Å². The second-order valence-corrected chi connectivity index (χ2v) is 4.46. The quantitative estimate of drug-likeness (QED) is 0.572. The van der Waals surface area contributed by atoms with Gasteiger partial charge in [-0.2, -0.15) is 0 Å². The zero-order valence-corrected chi connectivity index (χ0v) is 10.5. The highest BCUT2D eigenvalue weighted by atomic mass is 19.1. The number of aromatic nitrogens is 1. The van der Waals surface area contributed by atoms with Gasteiger partial charge in [0.15, 0.2) is 5.78 Å². The number of carbonyl (C=O) groups is 1. The van der Waals surface area contributed by atoms with Gasteiger partial charge in [0, 0.05) is 34.6 Å². The minimum absolute atomic E-state index is 0.168. The van der Waals surface area contributed by atoms with E-state index < -0.39 is 5.82 Å². The molecule has 0 bridgehead atoms. The molecular formula is C16H11FN2O. The molecule has 0 aliphatic carbocycles. The molecular weight excluding hydrogens is 255 g/mol. The fourth-order valence-electron chi connectivity index (χ4n) is 2.18. The van der Waals surface area contributed by atoms with Crippen LogP contribution in [-0.4, -0.2) is 10.8 Å². The van der Waals surface area contributed by atoms with Crippen LogP contribution in [0.5, 0.6) is 0 Å². The smallest absolute Gasteiger partial charge is 0.195 e. The lowest BCUT2D eigenvalue weighted by atomic mass is 9.97. The van der Waals surface area contributed by atoms with Crippen molar-refractivity contribution in [3.63, 3.8) is 0 Å². The van der Waals surface area contributed by atoms with Crippen molar-refractivity contribution < 1.29 is 9.18 Å². The van der Waals surface area contributed by atoms with Crippen molar-refractivity contribution in [2.75, 3.05) is 5.73 Å². The molecule has 0 saturated heterocycles. The van der Waals surface area contributed by atoms with E-state index in [-0.39, 0.29) is 17.0 Å². The van der Waals surface area contributed by atoms with E-state index in [1.54, 1.807) is 24.5 Å². The van der Waals surface area contributed by atoms with Gasteiger partial charge in [-0.05, 0) is 29.7 Å². The van der Waals surface area contributed by atoms with Gasteiger partial charge in [0.2, 0.25) is 0 Å². The SMILES string of the molecule is Nc1ccc(F)cc1C(=O)c1cccc2ccncc12. The highest BCUT2D eigenvalue weighted by molar-refractivity contribution is 6.18. The maximum absolute atomic E-state index is 13.3. The van der Waals surface area contributed by atoms with Gasteiger partial charge < -0.3 is 5.73 Å². The monoisotopic (exact) mass is 266 g/mol. The maximum atomic E-state index is 13.3. The Balaban J connectivity index is 2.20. The van der Waals surface area contributed by atoms with Crippen molar-refractivity contribution in [2.45, 2.75) is 0 Å². The van der Waals surface area contributed by atoms with Crippen molar-refractivity contribution in [1.29, 1.82) is 0 Å². The molecule has 0 aliphatic heterocycles. The summed E-state index contributed by atoms with van der Waals surface area (Å²) in [7, 11) is 0. The van der Waals surface area contributed by atoms with Crippen LogP contribution in [0.15, 0.2) is 54.9 Å². The Morgan fingerprint density at radius 1 is 1.10 bits per heavy atom. The Hall–Kier alpha value is -2.75. The molecule has 2 N–H and O–H groups in total. The molecule has 1 heterocycles. The van der Waals surface area contributed by atoms with Gasteiger partial charge in [0.25, 0.3) is 0 Å². The van der Waals surface area contributed by atoms with Crippen molar-refractivity contribution in [2.24, 2.45) is 0 Å². The van der Waals surface area contributed by atoms with Crippen LogP contribution in [0.1, 0.15) is 15.9 Å². The first-order valence-electron chi connectivity index (χ1n) is 6.09. The van der Waals surface area contributed by atoms with Gasteiger partial charge in [-0.3, -0.25) is 9.78 Å². The number of anilines is 1. The molecule has 0 amide bonds. The van der Waals surface area contributed by atoms with Crippen molar-refractivity contribution in [3.8, 4) is 0 Å². The van der Waals surface area contributed by atoms with E-state index in [0.29, 0.717) is 5.56 Å².